The van der Waals surface area contributed by atoms with Crippen LogP contribution in [0.15, 0.2) is 114 Å². The number of nitrogens with zero attached hydrogens (tertiary/aromatic N) is 2. The molecule has 2 amide bonds. The van der Waals surface area contributed by atoms with Crippen molar-refractivity contribution in [1.29, 1.82) is 0 Å². The molecular weight excluding hydrogens is 581 g/mol. The Balaban J connectivity index is 1.80. The van der Waals surface area contributed by atoms with Crippen LogP contribution in [0.3, 0.4) is 0 Å². The lowest BCUT2D eigenvalue weighted by Crippen LogP contribution is -2.53. The Hall–Kier alpha value is -4.70. The van der Waals surface area contributed by atoms with Crippen molar-refractivity contribution < 1.29 is 27.1 Å². The van der Waals surface area contributed by atoms with Crippen molar-refractivity contribution in [3.05, 3.63) is 126 Å². The van der Waals surface area contributed by atoms with E-state index in [-0.39, 0.29) is 29.1 Å². The predicted molar refractivity (Wildman–Crippen MR) is 168 cm³/mol. The Kier molecular flexibility index (Phi) is 11.1. The lowest BCUT2D eigenvalue weighted by Gasteiger charge is -2.34. The van der Waals surface area contributed by atoms with Gasteiger partial charge in [0.25, 0.3) is 10.0 Å². The molecule has 0 aliphatic heterocycles. The van der Waals surface area contributed by atoms with Crippen molar-refractivity contribution in [1.82, 2.24) is 10.2 Å². The molecule has 0 spiro atoms. The third-order valence-corrected chi connectivity index (χ3v) is 8.88. The molecular formula is C34H36FN3O5S. The molecule has 0 aliphatic rings. The SMILES string of the molecule is CCCNC(=O)[C@H](Cc1ccccc1)N(Cc1ccccc1F)C(=O)CN(c1ccc(OC)cc1)S(=O)(=O)c1ccccc1. The maximum Gasteiger partial charge on any atom is 0.264 e. The molecule has 230 valence electrons. The summed E-state index contributed by atoms with van der Waals surface area (Å²) < 4.78 is 49.2. The van der Waals surface area contributed by atoms with E-state index in [1.807, 2.05) is 37.3 Å². The van der Waals surface area contributed by atoms with E-state index in [2.05, 4.69) is 5.32 Å². The van der Waals surface area contributed by atoms with Gasteiger partial charge in [0.15, 0.2) is 0 Å². The first-order valence-corrected chi connectivity index (χ1v) is 15.7. The number of nitrogens with one attached hydrogen (secondary N) is 1. The van der Waals surface area contributed by atoms with Gasteiger partial charge < -0.3 is 15.0 Å². The van der Waals surface area contributed by atoms with Crippen LogP contribution in [0.25, 0.3) is 0 Å². The van der Waals surface area contributed by atoms with E-state index in [9.17, 15) is 22.4 Å². The number of carbonyl (C=O) groups excluding carboxylic acids is 2. The summed E-state index contributed by atoms with van der Waals surface area (Å²) in [6.07, 6.45) is 0.816. The second-order valence-corrected chi connectivity index (χ2v) is 12.0. The molecule has 10 heteroatoms. The summed E-state index contributed by atoms with van der Waals surface area (Å²) in [4.78, 5) is 29.2. The van der Waals surface area contributed by atoms with Crippen molar-refractivity contribution in [3.63, 3.8) is 0 Å². The number of halogens is 1. The van der Waals surface area contributed by atoms with Gasteiger partial charge in [-0.2, -0.15) is 0 Å². The number of amides is 2. The topological polar surface area (TPSA) is 96.0 Å². The molecule has 4 aromatic carbocycles. The molecule has 0 radical (unpaired) electrons. The van der Waals surface area contributed by atoms with Gasteiger partial charge in [0.2, 0.25) is 11.8 Å². The second-order valence-electron chi connectivity index (χ2n) is 10.1. The van der Waals surface area contributed by atoms with Crippen LogP contribution in [0.5, 0.6) is 5.75 Å². The number of ether oxygens (including phenoxy) is 1. The first-order chi connectivity index (χ1) is 21.2. The van der Waals surface area contributed by atoms with Crippen LogP contribution in [0, 0.1) is 5.82 Å². The zero-order valence-electron chi connectivity index (χ0n) is 24.7. The molecule has 0 aromatic heterocycles. The van der Waals surface area contributed by atoms with E-state index in [0.29, 0.717) is 18.7 Å². The fraction of sp³-hybridized carbons (Fsp3) is 0.235. The third kappa shape index (κ3) is 8.02. The summed E-state index contributed by atoms with van der Waals surface area (Å²) in [6, 6.07) is 28.2. The van der Waals surface area contributed by atoms with Crippen molar-refractivity contribution in [2.24, 2.45) is 0 Å². The summed E-state index contributed by atoms with van der Waals surface area (Å²) in [6.45, 7) is 1.41. The molecule has 44 heavy (non-hydrogen) atoms. The fourth-order valence-corrected chi connectivity index (χ4v) is 6.16. The average Bonchev–Trinajstić information content (AvgIpc) is 3.05. The number of rotatable bonds is 14. The van der Waals surface area contributed by atoms with Gasteiger partial charge >= 0.3 is 0 Å². The molecule has 1 atom stereocenters. The van der Waals surface area contributed by atoms with Crippen LogP contribution in [0.1, 0.15) is 24.5 Å². The Morgan fingerprint density at radius 3 is 2.09 bits per heavy atom. The van der Waals surface area contributed by atoms with Gasteiger partial charge in [-0.3, -0.25) is 13.9 Å². The van der Waals surface area contributed by atoms with Gasteiger partial charge in [0.05, 0.1) is 17.7 Å². The standard InChI is InChI=1S/C34H36FN3O5S/c1-3-22-36-34(40)32(23-26-12-6-4-7-13-26)37(24-27-14-10-11-17-31(27)35)33(39)25-38(28-18-20-29(43-2)21-19-28)44(41,42)30-15-8-5-9-16-30/h4-21,32H,3,22-25H2,1-2H3,(H,36,40)/t32-/m0/s1. The highest BCUT2D eigenvalue weighted by atomic mass is 32.2. The van der Waals surface area contributed by atoms with Gasteiger partial charge in [-0.1, -0.05) is 73.7 Å². The number of carbonyl (C=O) groups is 2. The van der Waals surface area contributed by atoms with Crippen molar-refractivity contribution in [3.8, 4) is 5.75 Å². The van der Waals surface area contributed by atoms with Crippen LogP contribution >= 0.6 is 0 Å². The molecule has 4 aromatic rings. The second kappa shape index (κ2) is 15.2. The van der Waals surface area contributed by atoms with Crippen LogP contribution in [0.2, 0.25) is 0 Å². The van der Waals surface area contributed by atoms with E-state index in [0.717, 1.165) is 9.87 Å². The molecule has 8 nitrogen and oxygen atoms in total. The van der Waals surface area contributed by atoms with Gasteiger partial charge in [-0.05, 0) is 54.4 Å². The number of methoxy groups -OCH3 is 1. The highest BCUT2D eigenvalue weighted by Crippen LogP contribution is 2.27. The highest BCUT2D eigenvalue weighted by molar-refractivity contribution is 7.92. The van der Waals surface area contributed by atoms with E-state index < -0.39 is 40.2 Å². The summed E-state index contributed by atoms with van der Waals surface area (Å²) in [5, 5.41) is 2.87. The minimum Gasteiger partial charge on any atom is -0.497 e. The highest BCUT2D eigenvalue weighted by Gasteiger charge is 2.34. The maximum atomic E-state index is 15.0. The summed E-state index contributed by atoms with van der Waals surface area (Å²) in [7, 11) is -2.74. The molecule has 0 saturated carbocycles. The largest absolute Gasteiger partial charge is 0.497 e. The Morgan fingerprint density at radius 1 is 0.864 bits per heavy atom. The van der Waals surface area contributed by atoms with Gasteiger partial charge in [0, 0.05) is 25.1 Å². The van der Waals surface area contributed by atoms with Crippen molar-refractivity contribution in [2.45, 2.75) is 37.2 Å². The molecule has 0 bridgehead atoms. The Labute approximate surface area is 258 Å². The monoisotopic (exact) mass is 617 g/mol. The van der Waals surface area contributed by atoms with Gasteiger partial charge in [0.1, 0.15) is 24.2 Å². The molecule has 0 fully saturated rings. The third-order valence-electron chi connectivity index (χ3n) is 7.09. The van der Waals surface area contributed by atoms with Crippen molar-refractivity contribution in [2.75, 3.05) is 24.5 Å². The molecule has 0 saturated heterocycles. The summed E-state index contributed by atoms with van der Waals surface area (Å²) in [5.74, 6) is -1.12. The van der Waals surface area contributed by atoms with Crippen LogP contribution in [-0.2, 0) is 32.6 Å². The lowest BCUT2D eigenvalue weighted by molar-refractivity contribution is -0.140. The molecule has 1 N–H and O–H groups in total. The fourth-order valence-electron chi connectivity index (χ4n) is 4.73. The van der Waals surface area contributed by atoms with Crippen molar-refractivity contribution >= 4 is 27.5 Å². The Bertz CT molecular complexity index is 1630. The minimum absolute atomic E-state index is 0.00852. The summed E-state index contributed by atoms with van der Waals surface area (Å²) in [5.41, 5.74) is 1.22. The molecule has 0 unspecified atom stereocenters. The van der Waals surface area contributed by atoms with Gasteiger partial charge in [-0.15, -0.1) is 0 Å². The summed E-state index contributed by atoms with van der Waals surface area (Å²) >= 11 is 0. The number of sulfonamides is 1. The molecule has 0 heterocycles. The number of anilines is 1. The van der Waals surface area contributed by atoms with Crippen LogP contribution < -0.4 is 14.4 Å². The van der Waals surface area contributed by atoms with E-state index in [1.54, 1.807) is 54.6 Å². The zero-order valence-corrected chi connectivity index (χ0v) is 25.5. The zero-order chi connectivity index (χ0) is 31.5. The van der Waals surface area contributed by atoms with E-state index >= 15 is 0 Å². The number of hydrogen-bond donors (Lipinski definition) is 1. The van der Waals surface area contributed by atoms with Crippen LogP contribution in [0.4, 0.5) is 10.1 Å². The first kappa shape index (κ1) is 32.2. The predicted octanol–water partition coefficient (Wildman–Crippen LogP) is 5.20. The lowest BCUT2D eigenvalue weighted by atomic mass is 10.0. The first-order valence-electron chi connectivity index (χ1n) is 14.3. The molecule has 0 aliphatic carbocycles. The number of benzene rings is 4. The smallest absolute Gasteiger partial charge is 0.264 e. The quantitative estimate of drug-likeness (QED) is 0.210. The Morgan fingerprint density at radius 2 is 1.48 bits per heavy atom. The minimum atomic E-state index is -4.23. The van der Waals surface area contributed by atoms with E-state index in [4.69, 9.17) is 4.74 Å². The van der Waals surface area contributed by atoms with E-state index in [1.165, 1.54) is 36.3 Å². The molecule has 4 rings (SSSR count). The maximum absolute atomic E-state index is 15.0. The van der Waals surface area contributed by atoms with Crippen LogP contribution in [-0.4, -0.2) is 51.4 Å². The average molecular weight is 618 g/mol. The number of hydrogen-bond acceptors (Lipinski definition) is 5. The normalized spacial score (nSPS) is 11.8. The van der Waals surface area contributed by atoms with Gasteiger partial charge in [-0.25, -0.2) is 12.8 Å².